The topological polar surface area (TPSA) is 100 Å². The van der Waals surface area contributed by atoms with Crippen LogP contribution >= 0.6 is 23.5 Å². The van der Waals surface area contributed by atoms with Gasteiger partial charge in [0, 0.05) is 45.0 Å². The van der Waals surface area contributed by atoms with Crippen molar-refractivity contribution in [1.29, 1.82) is 0 Å². The molecule has 1 rings (SSSR count). The van der Waals surface area contributed by atoms with Crippen molar-refractivity contribution in [3.63, 3.8) is 0 Å². The lowest BCUT2D eigenvalue weighted by Gasteiger charge is -2.12. The number of nitrogens with zero attached hydrogens (tertiary/aromatic N) is 3. The minimum Gasteiger partial charge on any atom is -0.288 e. The quantitative estimate of drug-likeness (QED) is 0.568. The number of rotatable bonds is 9. The molecule has 1 heterocycles. The molecule has 25 heavy (non-hydrogen) atoms. The Kier molecular flexibility index (Phi) is 8.98. The molecule has 0 unspecified atom stereocenters. The third-order valence-electron chi connectivity index (χ3n) is 3.36. The van der Waals surface area contributed by atoms with Crippen molar-refractivity contribution < 1.29 is 9.59 Å². The maximum atomic E-state index is 12.5. The van der Waals surface area contributed by atoms with Crippen LogP contribution in [0.2, 0.25) is 0 Å². The third kappa shape index (κ3) is 6.35. The van der Waals surface area contributed by atoms with Gasteiger partial charge in [-0.25, -0.2) is 28.1 Å². The first-order chi connectivity index (χ1) is 11.8. The fourth-order valence-electron chi connectivity index (χ4n) is 2.21. The van der Waals surface area contributed by atoms with Crippen molar-refractivity contribution in [2.45, 2.75) is 53.2 Å². The molecular weight excluding hydrogens is 366 g/mol. The second-order valence-electron chi connectivity index (χ2n) is 5.28. The molecule has 1 aromatic rings. The van der Waals surface area contributed by atoms with Crippen LogP contribution in [0.5, 0.6) is 0 Å². The molecule has 0 aliphatic heterocycles. The molecule has 0 spiro atoms. The Balaban J connectivity index is 3.03. The van der Waals surface area contributed by atoms with E-state index in [9.17, 15) is 24.0 Å². The van der Waals surface area contributed by atoms with E-state index in [1.807, 2.05) is 0 Å². The van der Waals surface area contributed by atoms with Crippen molar-refractivity contribution in [2.75, 3.05) is 11.5 Å². The fourth-order valence-corrected chi connectivity index (χ4v) is 3.33. The van der Waals surface area contributed by atoms with Crippen LogP contribution in [0.25, 0.3) is 0 Å². The summed E-state index contributed by atoms with van der Waals surface area (Å²) >= 11 is 2.27. The number of carbonyl (C=O) groups is 2. The highest BCUT2D eigenvalue weighted by Crippen LogP contribution is 2.04. The zero-order valence-corrected chi connectivity index (χ0v) is 16.3. The predicted molar refractivity (Wildman–Crippen MR) is 100 cm³/mol. The number of hydrogen-bond donors (Lipinski definition) is 0. The lowest BCUT2D eigenvalue weighted by atomic mass is 10.4. The van der Waals surface area contributed by atoms with Crippen LogP contribution < -0.4 is 17.1 Å². The van der Waals surface area contributed by atoms with Gasteiger partial charge in [-0.15, -0.1) is 0 Å². The maximum Gasteiger partial charge on any atom is 0.336 e. The van der Waals surface area contributed by atoms with E-state index in [2.05, 4.69) is 0 Å². The average molecular weight is 389 g/mol. The van der Waals surface area contributed by atoms with Crippen molar-refractivity contribution in [1.82, 2.24) is 13.7 Å². The summed E-state index contributed by atoms with van der Waals surface area (Å²) < 4.78 is 3.12. The molecule has 0 fully saturated rings. The summed E-state index contributed by atoms with van der Waals surface area (Å²) in [5, 5.41) is -0.0440. The molecule has 0 bridgehead atoms. The van der Waals surface area contributed by atoms with Gasteiger partial charge >= 0.3 is 17.1 Å². The number of aromatic nitrogens is 3. The van der Waals surface area contributed by atoms with Gasteiger partial charge in [0.1, 0.15) is 0 Å². The van der Waals surface area contributed by atoms with Crippen LogP contribution in [0.4, 0.5) is 0 Å². The lowest BCUT2D eigenvalue weighted by Crippen LogP contribution is -2.54. The molecule has 0 radical (unpaired) electrons. The van der Waals surface area contributed by atoms with Crippen molar-refractivity contribution in [3.05, 3.63) is 31.5 Å². The first kappa shape index (κ1) is 21.5. The van der Waals surface area contributed by atoms with Crippen molar-refractivity contribution >= 4 is 33.8 Å². The van der Waals surface area contributed by atoms with E-state index in [1.165, 1.54) is 13.8 Å². The van der Waals surface area contributed by atoms with E-state index in [4.69, 9.17) is 0 Å². The molecule has 1 aromatic heterocycles. The largest absolute Gasteiger partial charge is 0.336 e. The first-order valence-corrected chi connectivity index (χ1v) is 9.97. The number of thioether (sulfide) groups is 2. The molecule has 0 aromatic carbocycles. The average Bonchev–Trinajstić information content (AvgIpc) is 2.53. The monoisotopic (exact) mass is 389 g/mol. The lowest BCUT2D eigenvalue weighted by molar-refractivity contribution is -0.109. The van der Waals surface area contributed by atoms with E-state index < -0.39 is 17.1 Å². The summed E-state index contributed by atoms with van der Waals surface area (Å²) in [6, 6.07) is 0. The third-order valence-corrected chi connectivity index (χ3v) is 5.16. The number of carbonyl (C=O) groups excluding carboxylic acids is 2. The van der Waals surface area contributed by atoms with Crippen molar-refractivity contribution in [2.24, 2.45) is 0 Å². The molecule has 140 valence electrons. The van der Waals surface area contributed by atoms with E-state index in [0.29, 0.717) is 24.3 Å². The zero-order valence-electron chi connectivity index (χ0n) is 14.6. The predicted octanol–water partition coefficient (Wildman–Crippen LogP) is 0.531. The Hall–Kier alpha value is -1.55. The normalized spacial score (nSPS) is 10.8. The van der Waals surface area contributed by atoms with Gasteiger partial charge < -0.3 is 0 Å². The van der Waals surface area contributed by atoms with Crippen LogP contribution in [0.1, 0.15) is 33.6 Å². The summed E-state index contributed by atoms with van der Waals surface area (Å²) in [5.41, 5.74) is -1.89. The Morgan fingerprint density at radius 1 is 0.760 bits per heavy atom. The van der Waals surface area contributed by atoms with Crippen LogP contribution in [0, 0.1) is 0 Å². The second-order valence-corrected chi connectivity index (χ2v) is 7.83. The molecule has 0 N–H and O–H groups in total. The molecular formula is C15H23N3O5S2. The van der Waals surface area contributed by atoms with Gasteiger partial charge in [0.2, 0.25) is 0 Å². The molecule has 0 saturated carbocycles. The van der Waals surface area contributed by atoms with Crippen LogP contribution in [0.15, 0.2) is 14.4 Å². The Morgan fingerprint density at radius 3 is 1.44 bits per heavy atom. The highest BCUT2D eigenvalue weighted by molar-refractivity contribution is 8.13. The van der Waals surface area contributed by atoms with Crippen molar-refractivity contribution in [3.8, 4) is 0 Å². The van der Waals surface area contributed by atoms with Gasteiger partial charge in [-0.05, 0) is 19.8 Å². The van der Waals surface area contributed by atoms with Gasteiger partial charge in [0.25, 0.3) is 0 Å². The number of hydrogen-bond acceptors (Lipinski definition) is 7. The first-order valence-electron chi connectivity index (χ1n) is 8.00. The van der Waals surface area contributed by atoms with E-state index in [0.717, 1.165) is 37.2 Å². The zero-order chi connectivity index (χ0) is 19.0. The molecule has 0 aliphatic carbocycles. The Morgan fingerprint density at radius 2 is 1.12 bits per heavy atom. The molecule has 0 amide bonds. The summed E-state index contributed by atoms with van der Waals surface area (Å²) in [7, 11) is 0. The smallest absolute Gasteiger partial charge is 0.288 e. The van der Waals surface area contributed by atoms with E-state index >= 15 is 0 Å². The molecule has 8 nitrogen and oxygen atoms in total. The minimum atomic E-state index is -0.639. The molecule has 10 heteroatoms. The summed E-state index contributed by atoms with van der Waals surface area (Å²) in [4.78, 5) is 59.0. The molecule has 0 aliphatic rings. The van der Waals surface area contributed by atoms with Crippen LogP contribution in [0.3, 0.4) is 0 Å². The van der Waals surface area contributed by atoms with Gasteiger partial charge in [-0.2, -0.15) is 0 Å². The highest BCUT2D eigenvalue weighted by atomic mass is 32.2. The Labute approximate surface area is 153 Å². The van der Waals surface area contributed by atoms with E-state index in [-0.39, 0.29) is 29.9 Å². The molecule has 0 atom stereocenters. The van der Waals surface area contributed by atoms with Gasteiger partial charge in [0.15, 0.2) is 10.2 Å². The van der Waals surface area contributed by atoms with Crippen LogP contribution in [-0.4, -0.2) is 35.4 Å². The van der Waals surface area contributed by atoms with Crippen LogP contribution in [-0.2, 0) is 29.2 Å². The SMILES string of the molecule is CCn1c(=O)n(CCCSC(C)=O)c(=O)n(CCCSC(C)=O)c1=O. The highest BCUT2D eigenvalue weighted by Gasteiger charge is 2.14. The molecule has 0 saturated heterocycles. The fraction of sp³-hybridized carbons (Fsp3) is 0.667. The second kappa shape index (κ2) is 10.4. The van der Waals surface area contributed by atoms with Gasteiger partial charge in [0.05, 0.1) is 0 Å². The standard InChI is InChI=1S/C15H23N3O5S2/c1-4-16-13(21)17(7-5-9-24-11(2)19)15(23)18(14(16)22)8-6-10-25-12(3)20/h4-10H2,1-3H3. The van der Waals surface area contributed by atoms with E-state index in [1.54, 1.807) is 6.92 Å². The summed E-state index contributed by atoms with van der Waals surface area (Å²) in [6.45, 7) is 5.06. The maximum absolute atomic E-state index is 12.5. The minimum absolute atomic E-state index is 0.0220. The van der Waals surface area contributed by atoms with Gasteiger partial charge in [-0.3, -0.25) is 9.59 Å². The summed E-state index contributed by atoms with van der Waals surface area (Å²) in [5.74, 6) is 1.00. The summed E-state index contributed by atoms with van der Waals surface area (Å²) in [6.07, 6.45) is 0.947. The Bertz CT molecular complexity index is 734. The van der Waals surface area contributed by atoms with Gasteiger partial charge in [-0.1, -0.05) is 23.5 Å².